The van der Waals surface area contributed by atoms with Gasteiger partial charge >= 0.3 is 11.9 Å². The van der Waals surface area contributed by atoms with E-state index in [4.69, 9.17) is 30.7 Å². The van der Waals surface area contributed by atoms with Gasteiger partial charge in [-0.15, -0.1) is 0 Å². The maximum atomic E-state index is 12.8. The molecular formula is C16H21N5O10S. The standard InChI is InChI=1S/C16H21N5O10S/c1-5(12(25)26)30-20-7(8-14(29)32-15(17)18-8)10(23)19-9-11(24)21(16(9,2)3)31-6(4-22)13(27)28/h5-6,9,22,29H,4H2,1-3H3,(H2,17,18)(H,19,23)(H,25,26)(H,27,28)/b20-7-/t5?,6?,9-/m1/s1. The number of aromatic hydroxyl groups is 1. The summed E-state index contributed by atoms with van der Waals surface area (Å²) in [6.45, 7) is 3.15. The average Bonchev–Trinajstić information content (AvgIpc) is 3.03. The van der Waals surface area contributed by atoms with E-state index in [0.717, 1.165) is 6.92 Å². The molecule has 2 amide bonds. The van der Waals surface area contributed by atoms with E-state index >= 15 is 0 Å². The molecule has 0 bridgehead atoms. The monoisotopic (exact) mass is 475 g/mol. The van der Waals surface area contributed by atoms with Crippen LogP contribution in [0.3, 0.4) is 0 Å². The number of rotatable bonds is 10. The van der Waals surface area contributed by atoms with Crippen LogP contribution in [0.15, 0.2) is 5.16 Å². The second kappa shape index (κ2) is 9.33. The van der Waals surface area contributed by atoms with Gasteiger partial charge in [-0.1, -0.05) is 16.5 Å². The highest BCUT2D eigenvalue weighted by Gasteiger charge is 2.57. The molecule has 1 fully saturated rings. The molecule has 1 aromatic rings. The molecule has 0 radical (unpaired) electrons. The van der Waals surface area contributed by atoms with Gasteiger partial charge in [-0.3, -0.25) is 14.4 Å². The number of β-lactam (4-membered cyclic amide) rings is 1. The predicted octanol–water partition coefficient (Wildman–Crippen LogP) is -1.89. The summed E-state index contributed by atoms with van der Waals surface area (Å²) in [4.78, 5) is 60.8. The molecule has 2 rings (SSSR count). The number of aliphatic hydroxyl groups excluding tert-OH is 1. The fourth-order valence-corrected chi connectivity index (χ4v) is 3.09. The van der Waals surface area contributed by atoms with Crippen LogP contribution in [-0.4, -0.2) is 90.3 Å². The van der Waals surface area contributed by atoms with E-state index in [2.05, 4.69) is 15.5 Å². The predicted molar refractivity (Wildman–Crippen MR) is 105 cm³/mol. The summed E-state index contributed by atoms with van der Waals surface area (Å²) in [5, 5.41) is 42.8. The fraction of sp³-hybridized carbons (Fsp3) is 0.500. The number of aliphatic carboxylic acids is 2. The van der Waals surface area contributed by atoms with Crippen molar-refractivity contribution in [1.82, 2.24) is 15.4 Å². The first-order valence-electron chi connectivity index (χ1n) is 8.88. The van der Waals surface area contributed by atoms with E-state index in [1.165, 1.54) is 13.8 Å². The molecule has 0 aromatic carbocycles. The van der Waals surface area contributed by atoms with Gasteiger partial charge in [0.25, 0.3) is 11.8 Å². The highest BCUT2D eigenvalue weighted by atomic mass is 32.1. The number of aromatic nitrogens is 1. The van der Waals surface area contributed by atoms with Crippen LogP contribution in [0.25, 0.3) is 0 Å². The Kier molecular flexibility index (Phi) is 7.22. The van der Waals surface area contributed by atoms with Crippen molar-refractivity contribution < 1.29 is 49.3 Å². The summed E-state index contributed by atoms with van der Waals surface area (Å²) in [6, 6.07) is -1.23. The molecule has 1 aromatic heterocycles. The zero-order valence-electron chi connectivity index (χ0n) is 17.0. The molecule has 2 heterocycles. The molecule has 15 nitrogen and oxygen atoms in total. The molecule has 176 valence electrons. The Balaban J connectivity index is 2.25. The topological polar surface area (TPSA) is 234 Å². The second-order valence-electron chi connectivity index (χ2n) is 7.04. The van der Waals surface area contributed by atoms with E-state index in [1.807, 2.05) is 0 Å². The number of anilines is 1. The van der Waals surface area contributed by atoms with Gasteiger partial charge in [-0.2, -0.15) is 0 Å². The van der Waals surface area contributed by atoms with Crippen LogP contribution in [0.4, 0.5) is 5.13 Å². The van der Waals surface area contributed by atoms with Crippen molar-refractivity contribution in [3.05, 3.63) is 5.69 Å². The SMILES string of the molecule is CC(O/N=C(\C(=O)N[C@@H]1C(=O)N(OC(CO)C(=O)O)C1(C)C)c1nc(N)sc1O)C(=O)O. The molecule has 1 saturated heterocycles. The zero-order valence-corrected chi connectivity index (χ0v) is 17.8. The van der Waals surface area contributed by atoms with E-state index in [9.17, 15) is 24.3 Å². The lowest BCUT2D eigenvalue weighted by atomic mass is 9.84. The summed E-state index contributed by atoms with van der Waals surface area (Å²) in [5.41, 5.74) is 3.21. The van der Waals surface area contributed by atoms with Gasteiger partial charge in [0.05, 0.1) is 12.1 Å². The molecular weight excluding hydrogens is 454 g/mol. The third-order valence-corrected chi connectivity index (χ3v) is 5.03. The third-order valence-electron chi connectivity index (χ3n) is 4.34. The number of carboxylic acid groups (broad SMARTS) is 2. The first-order valence-corrected chi connectivity index (χ1v) is 9.70. The molecule has 32 heavy (non-hydrogen) atoms. The number of hydroxylamine groups is 2. The quantitative estimate of drug-likeness (QED) is 0.124. The van der Waals surface area contributed by atoms with Crippen molar-refractivity contribution in [2.75, 3.05) is 12.3 Å². The van der Waals surface area contributed by atoms with Crippen molar-refractivity contribution in [2.45, 2.75) is 44.6 Å². The number of nitrogens with one attached hydrogen (secondary N) is 1. The minimum absolute atomic E-state index is 0.118. The summed E-state index contributed by atoms with van der Waals surface area (Å²) in [7, 11) is 0. The Labute approximate surface area is 184 Å². The number of nitrogens with two attached hydrogens (primary N) is 1. The number of carbonyl (C=O) groups is 4. The smallest absolute Gasteiger partial charge is 0.347 e. The maximum Gasteiger partial charge on any atom is 0.347 e. The van der Waals surface area contributed by atoms with E-state index in [1.54, 1.807) is 0 Å². The van der Waals surface area contributed by atoms with Gasteiger partial charge in [-0.05, 0) is 20.8 Å². The fourth-order valence-electron chi connectivity index (χ4n) is 2.52. The Morgan fingerprint density at radius 1 is 1.34 bits per heavy atom. The van der Waals surface area contributed by atoms with Crippen LogP contribution in [0, 0.1) is 0 Å². The van der Waals surface area contributed by atoms with E-state index in [0.29, 0.717) is 16.4 Å². The average molecular weight is 475 g/mol. The van der Waals surface area contributed by atoms with Gasteiger partial charge in [-0.25, -0.2) is 19.6 Å². The van der Waals surface area contributed by atoms with Crippen molar-refractivity contribution in [1.29, 1.82) is 0 Å². The number of oxime groups is 1. The molecule has 0 aliphatic carbocycles. The Bertz CT molecular complexity index is 961. The Morgan fingerprint density at radius 3 is 2.41 bits per heavy atom. The summed E-state index contributed by atoms with van der Waals surface area (Å²) in [5.74, 6) is -4.77. The summed E-state index contributed by atoms with van der Waals surface area (Å²) >= 11 is 0.622. The molecule has 16 heteroatoms. The van der Waals surface area contributed by atoms with Crippen LogP contribution < -0.4 is 11.1 Å². The van der Waals surface area contributed by atoms with Gasteiger partial charge < -0.3 is 36.3 Å². The molecule has 1 aliphatic heterocycles. The molecule has 2 unspecified atom stereocenters. The van der Waals surface area contributed by atoms with Crippen LogP contribution in [0.5, 0.6) is 5.06 Å². The van der Waals surface area contributed by atoms with Crippen LogP contribution in [-0.2, 0) is 28.9 Å². The minimum Gasteiger partial charge on any atom is -0.498 e. The number of aliphatic hydroxyl groups is 1. The van der Waals surface area contributed by atoms with Crippen LogP contribution in [0.1, 0.15) is 26.5 Å². The lowest BCUT2D eigenvalue weighted by Crippen LogP contribution is -2.77. The van der Waals surface area contributed by atoms with Crippen molar-refractivity contribution >= 4 is 45.9 Å². The van der Waals surface area contributed by atoms with Crippen molar-refractivity contribution in [3.63, 3.8) is 0 Å². The second-order valence-corrected chi connectivity index (χ2v) is 8.05. The van der Waals surface area contributed by atoms with Gasteiger partial charge in [0.1, 0.15) is 6.04 Å². The molecule has 0 saturated carbocycles. The van der Waals surface area contributed by atoms with Crippen molar-refractivity contribution in [3.8, 4) is 5.06 Å². The first-order chi connectivity index (χ1) is 14.8. The Hall–Kier alpha value is -3.50. The maximum absolute atomic E-state index is 12.8. The largest absolute Gasteiger partial charge is 0.498 e. The number of hydrogen-bond acceptors (Lipinski definition) is 12. The summed E-state index contributed by atoms with van der Waals surface area (Å²) < 4.78 is 0. The van der Waals surface area contributed by atoms with Gasteiger partial charge in [0.15, 0.2) is 16.5 Å². The number of carboxylic acids is 2. The number of hydrogen-bond donors (Lipinski definition) is 6. The lowest BCUT2D eigenvalue weighted by molar-refractivity contribution is -0.278. The number of nitrogen functional groups attached to an aromatic ring is 1. The molecule has 3 atom stereocenters. The Morgan fingerprint density at radius 2 is 1.97 bits per heavy atom. The number of thiazole rings is 1. The van der Waals surface area contributed by atoms with Gasteiger partial charge in [0.2, 0.25) is 17.3 Å². The zero-order chi connectivity index (χ0) is 24.4. The van der Waals surface area contributed by atoms with E-state index < -0.39 is 70.6 Å². The molecule has 1 aliphatic rings. The molecule has 0 spiro atoms. The summed E-state index contributed by atoms with van der Waals surface area (Å²) in [6.07, 6.45) is -3.15. The number of carbonyl (C=O) groups excluding carboxylic acids is 2. The third kappa shape index (κ3) is 4.87. The first kappa shape index (κ1) is 24.8. The van der Waals surface area contributed by atoms with Crippen molar-refractivity contribution in [2.24, 2.45) is 5.16 Å². The highest BCUT2D eigenvalue weighted by molar-refractivity contribution is 7.17. The number of amides is 2. The van der Waals surface area contributed by atoms with E-state index in [-0.39, 0.29) is 5.13 Å². The number of nitrogens with zero attached hydrogens (tertiary/aromatic N) is 3. The molecule has 7 N–H and O–H groups in total. The van der Waals surface area contributed by atoms with Crippen LogP contribution in [0.2, 0.25) is 0 Å². The minimum atomic E-state index is -1.70. The highest BCUT2D eigenvalue weighted by Crippen LogP contribution is 2.33. The van der Waals surface area contributed by atoms with Gasteiger partial charge in [0, 0.05) is 0 Å². The lowest BCUT2D eigenvalue weighted by Gasteiger charge is -2.52. The normalized spacial score (nSPS) is 19.6. The van der Waals surface area contributed by atoms with Crippen LogP contribution >= 0.6 is 11.3 Å².